The molecule has 15 heavy (non-hydrogen) atoms. The number of hydrogen-bond acceptors (Lipinski definition) is 1. The van der Waals surface area contributed by atoms with E-state index in [0.717, 1.165) is 23.5 Å². The number of alkyl halides is 3. The Balaban J connectivity index is 2.36. The van der Waals surface area contributed by atoms with Crippen molar-refractivity contribution in [2.75, 3.05) is 6.54 Å². The van der Waals surface area contributed by atoms with Gasteiger partial charge in [-0.05, 0) is 36.7 Å². The lowest BCUT2D eigenvalue weighted by Gasteiger charge is -2.29. The van der Waals surface area contributed by atoms with Crippen molar-refractivity contribution >= 4 is 15.9 Å². The minimum Gasteiger partial charge on any atom is -0.310 e. The smallest absolute Gasteiger partial charge is 0.310 e. The van der Waals surface area contributed by atoms with E-state index >= 15 is 0 Å². The van der Waals surface area contributed by atoms with E-state index in [2.05, 4.69) is 21.2 Å². The van der Waals surface area contributed by atoms with Gasteiger partial charge in [0.05, 0.1) is 5.56 Å². The van der Waals surface area contributed by atoms with Crippen LogP contribution >= 0.6 is 15.9 Å². The molecule has 0 unspecified atom stereocenters. The molecular weight excluding hydrogens is 271 g/mol. The highest BCUT2D eigenvalue weighted by Gasteiger charge is 2.32. The zero-order valence-corrected chi connectivity index (χ0v) is 9.32. The predicted octanol–water partition coefficient (Wildman–Crippen LogP) is 3.50. The fourth-order valence-corrected chi connectivity index (χ4v) is 2.06. The molecule has 1 heterocycles. The summed E-state index contributed by atoms with van der Waals surface area (Å²) >= 11 is 3.27. The molecule has 1 saturated heterocycles. The van der Waals surface area contributed by atoms with Crippen LogP contribution in [0.25, 0.3) is 0 Å². The average molecular weight is 280 g/mol. The van der Waals surface area contributed by atoms with Gasteiger partial charge in [-0.2, -0.15) is 13.2 Å². The first-order valence-electron chi connectivity index (χ1n) is 4.58. The maximum Gasteiger partial charge on any atom is 0.416 e. The lowest BCUT2D eigenvalue weighted by molar-refractivity contribution is -0.137. The number of halogens is 4. The molecule has 0 amide bonds. The SMILES string of the molecule is FC(F)(F)c1ccc(Br)c([C@@H]2CCN2)c1. The molecule has 1 N–H and O–H groups in total. The van der Waals surface area contributed by atoms with Gasteiger partial charge in [0.25, 0.3) is 0 Å². The summed E-state index contributed by atoms with van der Waals surface area (Å²) in [6.45, 7) is 0.868. The topological polar surface area (TPSA) is 12.0 Å². The van der Waals surface area contributed by atoms with Crippen LogP contribution in [0.15, 0.2) is 22.7 Å². The van der Waals surface area contributed by atoms with E-state index in [0.29, 0.717) is 5.56 Å². The summed E-state index contributed by atoms with van der Waals surface area (Å²) in [6.07, 6.45) is -3.38. The van der Waals surface area contributed by atoms with E-state index in [1.54, 1.807) is 0 Å². The quantitative estimate of drug-likeness (QED) is 0.830. The molecule has 1 aliphatic rings. The van der Waals surface area contributed by atoms with E-state index in [-0.39, 0.29) is 6.04 Å². The third kappa shape index (κ3) is 2.18. The van der Waals surface area contributed by atoms with E-state index in [4.69, 9.17) is 0 Å². The van der Waals surface area contributed by atoms with Crippen molar-refractivity contribution < 1.29 is 13.2 Å². The van der Waals surface area contributed by atoms with E-state index in [9.17, 15) is 13.2 Å². The van der Waals surface area contributed by atoms with Gasteiger partial charge < -0.3 is 5.32 Å². The second-order valence-corrected chi connectivity index (χ2v) is 4.38. The third-order valence-corrected chi connectivity index (χ3v) is 3.24. The van der Waals surface area contributed by atoms with E-state index < -0.39 is 11.7 Å². The van der Waals surface area contributed by atoms with Gasteiger partial charge in [-0.1, -0.05) is 15.9 Å². The van der Waals surface area contributed by atoms with Gasteiger partial charge in [-0.25, -0.2) is 0 Å². The number of rotatable bonds is 1. The second kappa shape index (κ2) is 3.79. The Labute approximate surface area is 93.8 Å². The Morgan fingerprint density at radius 2 is 2.00 bits per heavy atom. The fraction of sp³-hybridized carbons (Fsp3) is 0.400. The van der Waals surface area contributed by atoms with Gasteiger partial charge in [0, 0.05) is 10.5 Å². The van der Waals surface area contributed by atoms with Gasteiger partial charge in [0.2, 0.25) is 0 Å². The number of hydrogen-bond donors (Lipinski definition) is 1. The number of nitrogens with one attached hydrogen (secondary N) is 1. The second-order valence-electron chi connectivity index (χ2n) is 3.53. The van der Waals surface area contributed by atoms with Crippen LogP contribution in [0.2, 0.25) is 0 Å². The molecule has 82 valence electrons. The van der Waals surface area contributed by atoms with Gasteiger partial charge >= 0.3 is 6.18 Å². The summed E-state index contributed by atoms with van der Waals surface area (Å²) in [6, 6.07) is 3.81. The highest BCUT2D eigenvalue weighted by molar-refractivity contribution is 9.10. The summed E-state index contributed by atoms with van der Waals surface area (Å²) in [7, 11) is 0. The Bertz CT molecular complexity index is 371. The summed E-state index contributed by atoms with van der Waals surface area (Å²) in [5.41, 5.74) is 0.102. The van der Waals surface area contributed by atoms with Gasteiger partial charge in [0.1, 0.15) is 0 Å². The van der Waals surface area contributed by atoms with Crippen molar-refractivity contribution in [1.82, 2.24) is 5.32 Å². The first kappa shape index (κ1) is 11.0. The molecular formula is C10H9BrF3N. The molecule has 1 atom stereocenters. The average Bonchev–Trinajstić information content (AvgIpc) is 2.03. The third-order valence-electron chi connectivity index (χ3n) is 2.52. The molecule has 0 bridgehead atoms. The monoisotopic (exact) mass is 279 g/mol. The highest BCUT2D eigenvalue weighted by Crippen LogP contribution is 2.36. The largest absolute Gasteiger partial charge is 0.416 e. The molecule has 5 heteroatoms. The molecule has 0 radical (unpaired) electrons. The Hall–Kier alpha value is -0.550. The van der Waals surface area contributed by atoms with Crippen molar-refractivity contribution in [2.45, 2.75) is 18.6 Å². The lowest BCUT2D eigenvalue weighted by Crippen LogP contribution is -2.35. The standard InChI is InChI=1S/C10H9BrF3N/c11-8-2-1-6(10(12,13)14)5-7(8)9-3-4-15-9/h1-2,5,9,15H,3-4H2/t9-/m0/s1. The molecule has 0 saturated carbocycles. The molecule has 0 spiro atoms. The highest BCUT2D eigenvalue weighted by atomic mass is 79.9. The lowest BCUT2D eigenvalue weighted by atomic mass is 9.96. The molecule has 1 aromatic rings. The maximum absolute atomic E-state index is 12.4. The van der Waals surface area contributed by atoms with Crippen LogP contribution in [0.4, 0.5) is 13.2 Å². The molecule has 1 aliphatic heterocycles. The van der Waals surface area contributed by atoms with Gasteiger partial charge in [-0.15, -0.1) is 0 Å². The van der Waals surface area contributed by atoms with Gasteiger partial charge in [-0.3, -0.25) is 0 Å². The van der Waals surface area contributed by atoms with Gasteiger partial charge in [0.15, 0.2) is 0 Å². The van der Waals surface area contributed by atoms with E-state index in [1.807, 2.05) is 0 Å². The predicted molar refractivity (Wildman–Crippen MR) is 54.5 cm³/mol. The van der Waals surface area contributed by atoms with Crippen LogP contribution in [0, 0.1) is 0 Å². The van der Waals surface area contributed by atoms with Crippen LogP contribution in [-0.2, 0) is 6.18 Å². The number of benzene rings is 1. The zero-order chi connectivity index (χ0) is 11.1. The van der Waals surface area contributed by atoms with Crippen LogP contribution < -0.4 is 5.32 Å². The Kier molecular flexibility index (Phi) is 2.77. The summed E-state index contributed by atoms with van der Waals surface area (Å²) in [5.74, 6) is 0. The maximum atomic E-state index is 12.4. The normalized spacial score (nSPS) is 21.2. The van der Waals surface area contributed by atoms with Crippen LogP contribution in [0.3, 0.4) is 0 Å². The molecule has 1 aromatic carbocycles. The van der Waals surface area contributed by atoms with Crippen molar-refractivity contribution in [3.63, 3.8) is 0 Å². The molecule has 0 aromatic heterocycles. The summed E-state index contributed by atoms with van der Waals surface area (Å²) in [5, 5.41) is 3.08. The first-order valence-corrected chi connectivity index (χ1v) is 5.38. The zero-order valence-electron chi connectivity index (χ0n) is 7.74. The molecule has 1 fully saturated rings. The molecule has 1 nitrogen and oxygen atoms in total. The minimum absolute atomic E-state index is 0.0571. The first-order chi connectivity index (χ1) is 6.98. The van der Waals surface area contributed by atoms with Crippen LogP contribution in [0.5, 0.6) is 0 Å². The summed E-state index contributed by atoms with van der Waals surface area (Å²) in [4.78, 5) is 0. The van der Waals surface area contributed by atoms with Crippen LogP contribution in [-0.4, -0.2) is 6.54 Å². The Morgan fingerprint density at radius 3 is 2.47 bits per heavy atom. The Morgan fingerprint density at radius 1 is 1.33 bits per heavy atom. The minimum atomic E-state index is -4.26. The van der Waals surface area contributed by atoms with Crippen molar-refractivity contribution in [2.24, 2.45) is 0 Å². The fourth-order valence-electron chi connectivity index (χ4n) is 1.54. The summed E-state index contributed by atoms with van der Waals surface area (Å²) < 4.78 is 38.1. The van der Waals surface area contributed by atoms with E-state index in [1.165, 1.54) is 12.1 Å². The molecule has 2 rings (SSSR count). The van der Waals surface area contributed by atoms with Crippen molar-refractivity contribution in [3.05, 3.63) is 33.8 Å². The van der Waals surface area contributed by atoms with Crippen molar-refractivity contribution in [1.29, 1.82) is 0 Å². The van der Waals surface area contributed by atoms with Crippen molar-refractivity contribution in [3.8, 4) is 0 Å². The van der Waals surface area contributed by atoms with Crippen LogP contribution in [0.1, 0.15) is 23.6 Å². The molecule has 0 aliphatic carbocycles.